The zero-order valence-corrected chi connectivity index (χ0v) is 21.2. The molecule has 190 valence electrons. The number of halogens is 1. The maximum Gasteiger partial charge on any atom is 0.283 e. The van der Waals surface area contributed by atoms with E-state index in [0.29, 0.717) is 24.3 Å². The molecule has 1 amide bonds. The third-order valence-corrected chi connectivity index (χ3v) is 8.28. The van der Waals surface area contributed by atoms with Crippen molar-refractivity contribution in [3.8, 4) is 0 Å². The van der Waals surface area contributed by atoms with Gasteiger partial charge in [-0.1, -0.05) is 42.5 Å². The monoisotopic (exact) mass is 518 g/mol. The molecule has 0 radical (unpaired) electrons. The summed E-state index contributed by atoms with van der Waals surface area (Å²) in [5.41, 5.74) is 2.77. The third-order valence-electron chi connectivity index (χ3n) is 6.62. The van der Waals surface area contributed by atoms with Crippen LogP contribution in [0.1, 0.15) is 33.8 Å². The Balaban J connectivity index is 1.37. The van der Waals surface area contributed by atoms with Gasteiger partial charge in [0.2, 0.25) is 0 Å². The molecule has 4 aromatic rings. The van der Waals surface area contributed by atoms with E-state index in [1.165, 1.54) is 29.0 Å². The second kappa shape index (κ2) is 10.2. The maximum atomic E-state index is 13.5. The first-order chi connectivity index (χ1) is 17.8. The fourth-order valence-electron chi connectivity index (χ4n) is 4.60. The molecule has 0 bridgehead atoms. The Hall–Kier alpha value is -3.98. The van der Waals surface area contributed by atoms with Gasteiger partial charge in [0.25, 0.3) is 15.9 Å². The second-order valence-corrected chi connectivity index (χ2v) is 11.0. The summed E-state index contributed by atoms with van der Waals surface area (Å²) >= 11 is 0. The predicted molar refractivity (Wildman–Crippen MR) is 139 cm³/mol. The van der Waals surface area contributed by atoms with E-state index >= 15 is 0 Å². The molecule has 1 aliphatic rings. The van der Waals surface area contributed by atoms with Crippen molar-refractivity contribution in [2.24, 2.45) is 7.05 Å². The summed E-state index contributed by atoms with van der Waals surface area (Å²) in [7, 11) is -2.23. The smallest absolute Gasteiger partial charge is 0.283 e. The summed E-state index contributed by atoms with van der Waals surface area (Å²) in [6, 6.07) is 22.4. The number of benzene rings is 3. The van der Waals surface area contributed by atoms with Crippen LogP contribution >= 0.6 is 0 Å². The molecule has 0 spiro atoms. The number of aromatic nitrogens is 2. The maximum absolute atomic E-state index is 13.5. The molecular weight excluding hydrogens is 491 g/mol. The Morgan fingerprint density at radius 3 is 2.38 bits per heavy atom. The fourth-order valence-corrected chi connectivity index (χ4v) is 6.03. The molecule has 3 aromatic carbocycles. The lowest BCUT2D eigenvalue weighted by molar-refractivity contribution is 0.0791. The average Bonchev–Trinajstić information content (AvgIpc) is 3.58. The van der Waals surface area contributed by atoms with E-state index in [4.69, 9.17) is 0 Å². The number of anilines is 1. The Labute approximate surface area is 215 Å². The van der Waals surface area contributed by atoms with Gasteiger partial charge in [0.15, 0.2) is 5.03 Å². The Kier molecular flexibility index (Phi) is 6.80. The summed E-state index contributed by atoms with van der Waals surface area (Å²) in [5.74, 6) is -0.229. The van der Waals surface area contributed by atoms with Crippen molar-refractivity contribution < 1.29 is 17.6 Å². The third kappa shape index (κ3) is 5.27. The summed E-state index contributed by atoms with van der Waals surface area (Å²) in [4.78, 5) is 19.0. The number of aryl methyl sites for hydroxylation is 1. The van der Waals surface area contributed by atoms with E-state index in [2.05, 4.69) is 4.98 Å². The van der Waals surface area contributed by atoms with Gasteiger partial charge in [0, 0.05) is 37.8 Å². The number of sulfonamides is 1. The van der Waals surface area contributed by atoms with Gasteiger partial charge in [0.1, 0.15) is 5.82 Å². The SMILES string of the molecule is Cn1cnc(S(=O)(=O)N(Cc2ccccc2)c2ccc(C(=O)N3CCC(c4ccc(F)cc4)C3)cc2)c1. The largest absolute Gasteiger partial charge is 0.339 e. The first kappa shape index (κ1) is 24.7. The lowest BCUT2D eigenvalue weighted by Gasteiger charge is -2.24. The molecule has 1 saturated heterocycles. The highest BCUT2D eigenvalue weighted by Crippen LogP contribution is 2.30. The number of rotatable bonds is 7. The van der Waals surface area contributed by atoms with Gasteiger partial charge in [-0.2, -0.15) is 8.42 Å². The van der Waals surface area contributed by atoms with Gasteiger partial charge in [-0.25, -0.2) is 9.37 Å². The Bertz CT molecular complexity index is 1490. The second-order valence-electron chi connectivity index (χ2n) is 9.21. The highest BCUT2D eigenvalue weighted by Gasteiger charge is 2.30. The van der Waals surface area contributed by atoms with Crippen LogP contribution in [0.5, 0.6) is 0 Å². The van der Waals surface area contributed by atoms with Crippen molar-refractivity contribution in [2.75, 3.05) is 17.4 Å². The van der Waals surface area contributed by atoms with E-state index in [1.54, 1.807) is 52.9 Å². The quantitative estimate of drug-likeness (QED) is 0.359. The number of carbonyl (C=O) groups excluding carboxylic acids is 1. The molecule has 1 fully saturated rings. The predicted octanol–water partition coefficient (Wildman–Crippen LogP) is 4.58. The normalized spacial score (nSPS) is 15.6. The van der Waals surface area contributed by atoms with Crippen LogP contribution < -0.4 is 4.31 Å². The number of hydrogen-bond donors (Lipinski definition) is 0. The molecule has 0 saturated carbocycles. The highest BCUT2D eigenvalue weighted by molar-refractivity contribution is 7.92. The van der Waals surface area contributed by atoms with E-state index in [0.717, 1.165) is 17.5 Å². The van der Waals surface area contributed by atoms with Gasteiger partial charge < -0.3 is 9.47 Å². The topological polar surface area (TPSA) is 75.5 Å². The number of carbonyl (C=O) groups is 1. The van der Waals surface area contributed by atoms with Crippen LogP contribution in [-0.4, -0.2) is 41.9 Å². The van der Waals surface area contributed by atoms with Crippen LogP contribution in [0.3, 0.4) is 0 Å². The standard InChI is InChI=1S/C28H27FN4O3S/c1-31-19-27(30-20-31)37(35,36)33(17-21-5-3-2-4-6-21)26-13-9-23(10-14-26)28(34)32-16-15-24(18-32)22-7-11-25(29)12-8-22/h2-14,19-20,24H,15-18H2,1H3. The molecule has 1 atom stereocenters. The van der Waals surface area contributed by atoms with Crippen molar-refractivity contribution >= 4 is 21.6 Å². The highest BCUT2D eigenvalue weighted by atomic mass is 32.2. The first-order valence-corrected chi connectivity index (χ1v) is 13.4. The molecule has 0 N–H and O–H groups in total. The first-order valence-electron chi connectivity index (χ1n) is 12.0. The van der Waals surface area contributed by atoms with Crippen LogP contribution in [0, 0.1) is 5.82 Å². The lowest BCUT2D eigenvalue weighted by Crippen LogP contribution is -2.31. The van der Waals surface area contributed by atoms with Crippen LogP contribution in [0.2, 0.25) is 0 Å². The zero-order valence-electron chi connectivity index (χ0n) is 20.4. The van der Waals surface area contributed by atoms with Gasteiger partial charge in [-0.05, 0) is 53.9 Å². The molecule has 5 rings (SSSR count). The van der Waals surface area contributed by atoms with Crippen molar-refractivity contribution in [3.63, 3.8) is 0 Å². The molecule has 9 heteroatoms. The average molecular weight is 519 g/mol. The van der Waals surface area contributed by atoms with Crippen LogP contribution in [0.4, 0.5) is 10.1 Å². The zero-order chi connectivity index (χ0) is 26.0. The van der Waals surface area contributed by atoms with Crippen LogP contribution in [0.25, 0.3) is 0 Å². The van der Waals surface area contributed by atoms with Gasteiger partial charge in [-0.15, -0.1) is 0 Å². The molecule has 2 heterocycles. The number of amides is 1. The Morgan fingerprint density at radius 1 is 1.03 bits per heavy atom. The minimum atomic E-state index is -3.94. The van der Waals surface area contributed by atoms with Crippen molar-refractivity contribution in [3.05, 3.63) is 114 Å². The summed E-state index contributed by atoms with van der Waals surface area (Å²) < 4.78 is 43.2. The summed E-state index contributed by atoms with van der Waals surface area (Å²) in [6.07, 6.45) is 3.73. The molecule has 0 aliphatic carbocycles. The molecule has 1 unspecified atom stereocenters. The van der Waals surface area contributed by atoms with Crippen LogP contribution in [0.15, 0.2) is 96.4 Å². The van der Waals surface area contributed by atoms with Crippen LogP contribution in [-0.2, 0) is 23.6 Å². The van der Waals surface area contributed by atoms with E-state index in [9.17, 15) is 17.6 Å². The summed E-state index contributed by atoms with van der Waals surface area (Å²) in [5, 5.41) is -0.0463. The minimum Gasteiger partial charge on any atom is -0.339 e. The number of nitrogens with zero attached hydrogens (tertiary/aromatic N) is 4. The van der Waals surface area contributed by atoms with Crippen molar-refractivity contribution in [1.82, 2.24) is 14.5 Å². The Morgan fingerprint density at radius 2 is 1.73 bits per heavy atom. The molecule has 1 aromatic heterocycles. The van der Waals surface area contributed by atoms with E-state index < -0.39 is 10.0 Å². The van der Waals surface area contributed by atoms with Gasteiger partial charge >= 0.3 is 0 Å². The summed E-state index contributed by atoms with van der Waals surface area (Å²) in [6.45, 7) is 1.29. The molecule has 7 nitrogen and oxygen atoms in total. The molecular formula is C28H27FN4O3S. The number of imidazole rings is 1. The number of likely N-dealkylation sites (tertiary alicyclic amines) is 1. The van der Waals surface area contributed by atoms with E-state index in [-0.39, 0.29) is 29.2 Å². The molecule has 37 heavy (non-hydrogen) atoms. The minimum absolute atomic E-state index is 0.0463. The van der Waals surface area contributed by atoms with Gasteiger partial charge in [0.05, 0.1) is 18.6 Å². The molecule has 1 aliphatic heterocycles. The fraction of sp³-hybridized carbons (Fsp3) is 0.214. The number of hydrogen-bond acceptors (Lipinski definition) is 4. The lowest BCUT2D eigenvalue weighted by atomic mass is 9.98. The van der Waals surface area contributed by atoms with Gasteiger partial charge in [-0.3, -0.25) is 9.10 Å². The van der Waals surface area contributed by atoms with Crippen molar-refractivity contribution in [1.29, 1.82) is 0 Å². The van der Waals surface area contributed by atoms with E-state index in [1.807, 2.05) is 30.3 Å². The van der Waals surface area contributed by atoms with Crippen molar-refractivity contribution in [2.45, 2.75) is 23.9 Å².